The molecule has 2 heterocycles. The first-order chi connectivity index (χ1) is 14.8. The number of thioether (sulfide) groups is 1. The third kappa shape index (κ3) is 5.82. The van der Waals surface area contributed by atoms with Crippen LogP contribution in [0.3, 0.4) is 0 Å². The number of alkyl halides is 1. The lowest BCUT2D eigenvalue weighted by molar-refractivity contribution is -0.205. The summed E-state index contributed by atoms with van der Waals surface area (Å²) in [6.07, 6.45) is 0.195. The molecule has 0 spiro atoms. The van der Waals surface area contributed by atoms with Crippen LogP contribution in [0.4, 0.5) is 0 Å². The van der Waals surface area contributed by atoms with Gasteiger partial charge in [-0.05, 0) is 43.7 Å². The monoisotopic (exact) mass is 470 g/mol. The molecule has 1 fully saturated rings. The molecule has 7 nitrogen and oxygen atoms in total. The zero-order chi connectivity index (χ0) is 22.5. The fraction of sp³-hybridized carbons (Fsp3) is 0.591. The quantitative estimate of drug-likeness (QED) is 0.396. The highest BCUT2D eigenvalue weighted by Crippen LogP contribution is 2.30. The number of hydrogen-bond donors (Lipinski definition) is 5. The van der Waals surface area contributed by atoms with Gasteiger partial charge < -0.3 is 30.7 Å². The maximum atomic E-state index is 13.0. The van der Waals surface area contributed by atoms with Crippen LogP contribution in [-0.4, -0.2) is 81.3 Å². The van der Waals surface area contributed by atoms with Crippen molar-refractivity contribution >= 4 is 34.8 Å². The number of nitrogens with one attached hydrogen (secondary N) is 2. The third-order valence-corrected chi connectivity index (χ3v) is 6.97. The predicted molar refractivity (Wildman–Crippen MR) is 123 cm³/mol. The highest BCUT2D eigenvalue weighted by Gasteiger charge is 2.48. The molecule has 9 heteroatoms. The molecule has 2 aliphatic rings. The molecule has 0 saturated carbocycles. The Kier molecular flexibility index (Phi) is 8.81. The van der Waals surface area contributed by atoms with Gasteiger partial charge in [-0.2, -0.15) is 0 Å². The van der Waals surface area contributed by atoms with Crippen LogP contribution in [0.5, 0.6) is 0 Å². The smallest absolute Gasteiger partial charge is 0.237 e. The van der Waals surface area contributed by atoms with Crippen molar-refractivity contribution < 1.29 is 24.9 Å². The van der Waals surface area contributed by atoms with E-state index >= 15 is 0 Å². The van der Waals surface area contributed by atoms with Crippen molar-refractivity contribution in [2.24, 2.45) is 0 Å². The van der Waals surface area contributed by atoms with Gasteiger partial charge in [-0.3, -0.25) is 4.79 Å². The minimum Gasteiger partial charge on any atom is -0.388 e. The predicted octanol–water partition coefficient (Wildman–Crippen LogP) is 1.10. The first-order valence-corrected chi connectivity index (χ1v) is 12.2. The fourth-order valence-electron chi connectivity index (χ4n) is 4.03. The SMILES string of the molecule is CSC1OC(C(NC(=O)C2CC=C(c3ccccc3)CCN2)C(C)Cl)C(O)C(O)C1O. The van der Waals surface area contributed by atoms with Gasteiger partial charge in [-0.25, -0.2) is 0 Å². The zero-order valence-electron chi connectivity index (χ0n) is 17.6. The van der Waals surface area contributed by atoms with E-state index in [1.165, 1.54) is 17.3 Å². The van der Waals surface area contributed by atoms with Gasteiger partial charge in [-0.15, -0.1) is 23.4 Å². The second kappa shape index (κ2) is 11.1. The lowest BCUT2D eigenvalue weighted by Crippen LogP contribution is -2.65. The van der Waals surface area contributed by atoms with Gasteiger partial charge in [-0.1, -0.05) is 36.4 Å². The zero-order valence-corrected chi connectivity index (χ0v) is 19.2. The van der Waals surface area contributed by atoms with E-state index in [0.717, 1.165) is 12.0 Å². The number of hydrogen-bond acceptors (Lipinski definition) is 7. The standard InChI is InChI=1S/C22H31ClN2O5S/c1-12(23)16(20-18(27)17(26)19(28)22(30-20)31-2)25-21(29)15-9-8-14(10-11-24-15)13-6-4-3-5-7-13/h3-8,12,15-20,22,24,26-28H,9-11H2,1-2H3,(H,25,29). The number of ether oxygens (including phenoxy) is 1. The number of aliphatic hydroxyl groups excluding tert-OH is 3. The molecule has 1 amide bonds. The Morgan fingerprint density at radius 2 is 1.94 bits per heavy atom. The van der Waals surface area contributed by atoms with Crippen molar-refractivity contribution in [1.29, 1.82) is 0 Å². The molecule has 3 rings (SSSR count). The molecular formula is C22H31ClN2O5S. The van der Waals surface area contributed by atoms with Crippen molar-refractivity contribution in [3.8, 4) is 0 Å². The van der Waals surface area contributed by atoms with Crippen LogP contribution in [0.25, 0.3) is 5.57 Å². The van der Waals surface area contributed by atoms with Crippen LogP contribution in [0.1, 0.15) is 25.3 Å². The van der Waals surface area contributed by atoms with Crippen LogP contribution in [0.2, 0.25) is 0 Å². The highest BCUT2D eigenvalue weighted by molar-refractivity contribution is 7.99. The number of benzene rings is 1. The summed E-state index contributed by atoms with van der Waals surface area (Å²) in [7, 11) is 0. The first kappa shape index (κ1) is 24.5. The van der Waals surface area contributed by atoms with Gasteiger partial charge >= 0.3 is 0 Å². The number of carbonyl (C=O) groups is 1. The maximum absolute atomic E-state index is 13.0. The van der Waals surface area contributed by atoms with Crippen molar-refractivity contribution in [2.75, 3.05) is 12.8 Å². The van der Waals surface area contributed by atoms with Crippen LogP contribution in [0, 0.1) is 0 Å². The lowest BCUT2D eigenvalue weighted by atomic mass is 9.93. The van der Waals surface area contributed by atoms with Gasteiger partial charge in [0.1, 0.15) is 29.9 Å². The third-order valence-electron chi connectivity index (χ3n) is 5.84. The topological polar surface area (TPSA) is 111 Å². The van der Waals surface area contributed by atoms with Gasteiger partial charge in [0.2, 0.25) is 5.91 Å². The van der Waals surface area contributed by atoms with Crippen molar-refractivity contribution in [3.63, 3.8) is 0 Å². The van der Waals surface area contributed by atoms with E-state index in [1.54, 1.807) is 13.2 Å². The summed E-state index contributed by atoms with van der Waals surface area (Å²) in [5.41, 5.74) is 1.61. The maximum Gasteiger partial charge on any atom is 0.237 e. The fourth-order valence-corrected chi connectivity index (χ4v) is 4.91. The largest absolute Gasteiger partial charge is 0.388 e. The Labute approximate surface area is 192 Å². The molecule has 8 atom stereocenters. The van der Waals surface area contributed by atoms with Gasteiger partial charge in [0.05, 0.1) is 17.5 Å². The summed E-state index contributed by atoms with van der Waals surface area (Å²) >= 11 is 7.57. The Hall–Kier alpha value is -1.13. The van der Waals surface area contributed by atoms with E-state index < -0.39 is 47.3 Å². The average molecular weight is 471 g/mol. The van der Waals surface area contributed by atoms with Gasteiger partial charge in [0.25, 0.3) is 0 Å². The molecule has 2 aliphatic heterocycles. The summed E-state index contributed by atoms with van der Waals surface area (Å²) in [6, 6.07) is 8.88. The molecular weight excluding hydrogens is 440 g/mol. The van der Waals surface area contributed by atoms with Gasteiger partial charge in [0, 0.05) is 0 Å². The molecule has 5 N–H and O–H groups in total. The van der Waals surface area contributed by atoms with Crippen LogP contribution in [-0.2, 0) is 9.53 Å². The average Bonchev–Trinajstić information content (AvgIpc) is 3.03. The van der Waals surface area contributed by atoms with E-state index in [0.29, 0.717) is 13.0 Å². The van der Waals surface area contributed by atoms with Crippen molar-refractivity contribution in [3.05, 3.63) is 42.0 Å². The van der Waals surface area contributed by atoms with E-state index in [1.807, 2.05) is 18.2 Å². The molecule has 0 radical (unpaired) electrons. The number of aliphatic hydroxyl groups is 3. The summed E-state index contributed by atoms with van der Waals surface area (Å²) in [5, 5.41) is 36.4. The lowest BCUT2D eigenvalue weighted by Gasteiger charge is -2.44. The highest BCUT2D eigenvalue weighted by atomic mass is 35.5. The summed E-state index contributed by atoms with van der Waals surface area (Å²) < 4.78 is 5.81. The summed E-state index contributed by atoms with van der Waals surface area (Å²) in [4.78, 5) is 13.0. The number of halogens is 1. The van der Waals surface area contributed by atoms with E-state index in [-0.39, 0.29) is 5.91 Å². The minimum absolute atomic E-state index is 0.250. The van der Waals surface area contributed by atoms with E-state index in [4.69, 9.17) is 16.3 Å². The normalized spacial score (nSPS) is 33.7. The molecule has 172 valence electrons. The van der Waals surface area contributed by atoms with Gasteiger partial charge in [0.15, 0.2) is 0 Å². The van der Waals surface area contributed by atoms with Crippen LogP contribution < -0.4 is 10.6 Å². The molecule has 0 aromatic heterocycles. The molecule has 1 aromatic carbocycles. The molecule has 1 aromatic rings. The Morgan fingerprint density at radius 1 is 1.23 bits per heavy atom. The Bertz CT molecular complexity index is 764. The molecule has 31 heavy (non-hydrogen) atoms. The summed E-state index contributed by atoms with van der Waals surface area (Å²) in [6.45, 7) is 2.35. The van der Waals surface area contributed by atoms with E-state index in [2.05, 4.69) is 28.8 Å². The Morgan fingerprint density at radius 3 is 2.58 bits per heavy atom. The minimum atomic E-state index is -1.39. The molecule has 8 unspecified atom stereocenters. The molecule has 0 aliphatic carbocycles. The second-order valence-corrected chi connectivity index (χ2v) is 9.60. The number of rotatable bonds is 6. The van der Waals surface area contributed by atoms with Crippen LogP contribution in [0.15, 0.2) is 36.4 Å². The van der Waals surface area contributed by atoms with E-state index in [9.17, 15) is 20.1 Å². The number of carbonyl (C=O) groups excluding carboxylic acids is 1. The van der Waals surface area contributed by atoms with Crippen molar-refractivity contribution in [1.82, 2.24) is 10.6 Å². The number of amides is 1. The molecule has 1 saturated heterocycles. The molecule has 0 bridgehead atoms. The Balaban J connectivity index is 1.70. The summed E-state index contributed by atoms with van der Waals surface area (Å²) in [5.74, 6) is -0.250. The first-order valence-electron chi connectivity index (χ1n) is 10.5. The van der Waals surface area contributed by atoms with Crippen LogP contribution >= 0.6 is 23.4 Å². The van der Waals surface area contributed by atoms with Crippen molar-refractivity contribution in [2.45, 2.75) is 67.1 Å². The second-order valence-electron chi connectivity index (χ2n) is 7.98.